The van der Waals surface area contributed by atoms with E-state index < -0.39 is 11.8 Å². The summed E-state index contributed by atoms with van der Waals surface area (Å²) in [5, 5.41) is 0. The second-order valence-corrected chi connectivity index (χ2v) is 14.4. The van der Waals surface area contributed by atoms with E-state index in [4.69, 9.17) is 10.5 Å². The molecule has 0 unspecified atom stereocenters. The Kier molecular flexibility index (Phi) is 7.64. The molecule has 0 fully saturated rings. The number of hydrogen-bond acceptors (Lipinski definition) is 5. The minimum atomic E-state index is -0.610. The van der Waals surface area contributed by atoms with Crippen molar-refractivity contribution in [3.63, 3.8) is 0 Å². The first-order valence-corrected chi connectivity index (χ1v) is 15.1. The molecule has 3 aliphatic rings. The smallest absolute Gasteiger partial charge is 0.255 e. The molecule has 5 rings (SSSR count). The summed E-state index contributed by atoms with van der Waals surface area (Å²) in [6.07, 6.45) is 2.18. The summed E-state index contributed by atoms with van der Waals surface area (Å²) in [6, 6.07) is 13.9. The van der Waals surface area contributed by atoms with Gasteiger partial charge >= 0.3 is 0 Å². The van der Waals surface area contributed by atoms with Crippen LogP contribution in [0.1, 0.15) is 70.4 Å². The number of nitrogens with two attached hydrogens (primary N) is 1. The third kappa shape index (κ3) is 5.57. The first-order valence-electron chi connectivity index (χ1n) is 13.5. The fourth-order valence-electron chi connectivity index (χ4n) is 6.41. The van der Waals surface area contributed by atoms with Gasteiger partial charge in [0.1, 0.15) is 5.75 Å². The largest absolute Gasteiger partial charge is 0.482 e. The Morgan fingerprint density at radius 1 is 0.925 bits per heavy atom. The number of Topliss-reactive ketones (excluding diaryl/α,β-unsaturated/α-hetero) is 2. The van der Waals surface area contributed by atoms with Gasteiger partial charge in [-0.25, -0.2) is 0 Å². The molecule has 40 heavy (non-hydrogen) atoms. The van der Waals surface area contributed by atoms with Crippen LogP contribution < -0.4 is 10.5 Å². The Morgan fingerprint density at radius 3 is 2.00 bits per heavy atom. The summed E-state index contributed by atoms with van der Waals surface area (Å²) in [5.41, 5.74) is 9.99. The first kappa shape index (κ1) is 28.8. The molecule has 0 aromatic heterocycles. The third-order valence-corrected chi connectivity index (χ3v) is 8.96. The lowest BCUT2D eigenvalue weighted by Crippen LogP contribution is -2.44. The maximum Gasteiger partial charge on any atom is 0.255 e. The molecule has 1 amide bonds. The van der Waals surface area contributed by atoms with Crippen LogP contribution in [0.4, 0.5) is 0 Å². The van der Waals surface area contributed by atoms with Crippen LogP contribution in [-0.4, -0.2) is 29.0 Å². The first-order chi connectivity index (χ1) is 18.8. The minimum absolute atomic E-state index is 0.0374. The van der Waals surface area contributed by atoms with Crippen LogP contribution in [-0.2, 0) is 20.9 Å². The van der Waals surface area contributed by atoms with Gasteiger partial charge in [0.2, 0.25) is 0 Å². The second kappa shape index (κ2) is 10.6. The maximum atomic E-state index is 14.1. The van der Waals surface area contributed by atoms with Gasteiger partial charge in [0.05, 0.1) is 4.47 Å². The van der Waals surface area contributed by atoms with E-state index in [2.05, 4.69) is 76.6 Å². The lowest BCUT2D eigenvalue weighted by atomic mass is 9.63. The summed E-state index contributed by atoms with van der Waals surface area (Å²) in [7, 11) is 0. The van der Waals surface area contributed by atoms with Gasteiger partial charge in [-0.3, -0.25) is 14.4 Å². The number of hydrogen-bond donors (Lipinski definition) is 1. The third-order valence-electron chi connectivity index (χ3n) is 7.91. The van der Waals surface area contributed by atoms with Crippen molar-refractivity contribution in [3.8, 4) is 5.75 Å². The highest BCUT2D eigenvalue weighted by Crippen LogP contribution is 2.56. The number of carbonyl (C=O) groups excluding carboxylic acids is 3. The highest BCUT2D eigenvalue weighted by molar-refractivity contribution is 9.11. The number of ether oxygens (including phenoxy) is 1. The van der Waals surface area contributed by atoms with Crippen LogP contribution in [0.15, 0.2) is 74.0 Å². The second-order valence-electron chi connectivity index (χ2n) is 12.7. The Balaban J connectivity index is 1.80. The molecule has 210 valence electrons. The SMILES string of the molecule is CC1(C)CC(=O)C2=C(C1)N(Cc1ccccc1)C1=C(C(=O)CC(C)(C)C1)C2c1cc(Br)cc(Br)c1OCC(N)=O. The van der Waals surface area contributed by atoms with Crippen molar-refractivity contribution in [2.45, 2.75) is 65.8 Å². The molecule has 1 heterocycles. The van der Waals surface area contributed by atoms with Crippen LogP contribution >= 0.6 is 31.9 Å². The van der Waals surface area contributed by atoms with Gasteiger partial charge in [-0.2, -0.15) is 0 Å². The number of halogens is 2. The average Bonchev–Trinajstić information content (AvgIpc) is 2.83. The minimum Gasteiger partial charge on any atom is -0.482 e. The zero-order valence-electron chi connectivity index (χ0n) is 23.3. The normalized spacial score (nSPS) is 20.4. The van der Waals surface area contributed by atoms with Gasteiger partial charge in [-0.15, -0.1) is 0 Å². The zero-order valence-corrected chi connectivity index (χ0v) is 26.4. The number of primary amides is 1. The Morgan fingerprint density at radius 2 is 1.48 bits per heavy atom. The van der Waals surface area contributed by atoms with Crippen molar-refractivity contribution in [3.05, 3.63) is 85.1 Å². The lowest BCUT2D eigenvalue weighted by molar-refractivity contribution is -0.121. The van der Waals surface area contributed by atoms with Crippen LogP contribution in [0.3, 0.4) is 0 Å². The lowest BCUT2D eigenvalue weighted by Gasteiger charge is -2.49. The number of ketones is 2. The fraction of sp³-hybridized carbons (Fsp3) is 0.406. The van der Waals surface area contributed by atoms with E-state index in [9.17, 15) is 14.4 Å². The number of carbonyl (C=O) groups is 3. The molecule has 0 radical (unpaired) electrons. The van der Waals surface area contributed by atoms with Gasteiger partial charge in [-0.1, -0.05) is 74.0 Å². The van der Waals surface area contributed by atoms with E-state index in [1.165, 1.54) is 0 Å². The molecule has 8 heteroatoms. The predicted molar refractivity (Wildman–Crippen MR) is 161 cm³/mol. The van der Waals surface area contributed by atoms with Crippen molar-refractivity contribution in [1.29, 1.82) is 0 Å². The zero-order chi connectivity index (χ0) is 29.0. The van der Waals surface area contributed by atoms with Crippen molar-refractivity contribution >= 4 is 49.3 Å². The van der Waals surface area contributed by atoms with Crippen molar-refractivity contribution in [1.82, 2.24) is 4.90 Å². The number of nitrogens with zero attached hydrogens (tertiary/aromatic N) is 1. The molecular formula is C32H34Br2N2O4. The van der Waals surface area contributed by atoms with E-state index in [-0.39, 0.29) is 29.0 Å². The molecular weight excluding hydrogens is 636 g/mol. The van der Waals surface area contributed by atoms with Gasteiger partial charge in [0.25, 0.3) is 5.91 Å². The quantitative estimate of drug-likeness (QED) is 0.359. The van der Waals surface area contributed by atoms with E-state index in [0.29, 0.717) is 59.2 Å². The van der Waals surface area contributed by atoms with E-state index >= 15 is 0 Å². The molecule has 6 nitrogen and oxygen atoms in total. The summed E-state index contributed by atoms with van der Waals surface area (Å²) < 4.78 is 7.33. The van der Waals surface area contributed by atoms with E-state index in [0.717, 1.165) is 21.4 Å². The van der Waals surface area contributed by atoms with Crippen LogP contribution in [0.5, 0.6) is 5.75 Å². The number of amides is 1. The molecule has 0 saturated carbocycles. The van der Waals surface area contributed by atoms with Crippen LogP contribution in [0.2, 0.25) is 0 Å². The predicted octanol–water partition coefficient (Wildman–Crippen LogP) is 6.96. The average molecular weight is 670 g/mol. The molecule has 2 N–H and O–H groups in total. The topological polar surface area (TPSA) is 89.7 Å². The number of rotatable bonds is 6. The summed E-state index contributed by atoms with van der Waals surface area (Å²) in [5.74, 6) is -0.728. The standard InChI is InChI=1S/C32H34Br2N2O4/c1-31(2)12-22-28(24(37)14-31)27(20-10-19(33)11-21(34)30(20)40-17-26(35)39)29-23(13-32(3,4)15-25(29)38)36(22)16-18-8-6-5-7-9-18/h5-11,27H,12-17H2,1-4H3,(H2,35,39). The highest BCUT2D eigenvalue weighted by atomic mass is 79.9. The Hall–Kier alpha value is -2.71. The molecule has 0 atom stereocenters. The number of allylic oxidation sites excluding steroid dienone is 4. The van der Waals surface area contributed by atoms with Gasteiger partial charge in [0.15, 0.2) is 18.2 Å². The van der Waals surface area contributed by atoms with Gasteiger partial charge in [0, 0.05) is 57.9 Å². The fourth-order valence-corrected chi connectivity index (χ4v) is 7.78. The van der Waals surface area contributed by atoms with Crippen molar-refractivity contribution < 1.29 is 19.1 Å². The molecule has 0 bridgehead atoms. The molecule has 2 aliphatic carbocycles. The molecule has 0 spiro atoms. The highest BCUT2D eigenvalue weighted by Gasteiger charge is 2.49. The molecule has 0 saturated heterocycles. The molecule has 2 aromatic rings. The maximum absolute atomic E-state index is 14.1. The monoisotopic (exact) mass is 668 g/mol. The Labute approximate surface area is 252 Å². The summed E-state index contributed by atoms with van der Waals surface area (Å²) >= 11 is 7.20. The number of benzene rings is 2. The Bertz CT molecular complexity index is 1420. The van der Waals surface area contributed by atoms with Crippen LogP contribution in [0.25, 0.3) is 0 Å². The summed E-state index contributed by atoms with van der Waals surface area (Å²) in [6.45, 7) is 8.76. The van der Waals surface area contributed by atoms with Crippen LogP contribution in [0, 0.1) is 10.8 Å². The molecule has 1 aliphatic heterocycles. The van der Waals surface area contributed by atoms with Gasteiger partial charge < -0.3 is 15.4 Å². The van der Waals surface area contributed by atoms with Gasteiger partial charge in [-0.05, 0) is 57.3 Å². The van der Waals surface area contributed by atoms with Crippen molar-refractivity contribution in [2.75, 3.05) is 6.61 Å². The van der Waals surface area contributed by atoms with Crippen molar-refractivity contribution in [2.24, 2.45) is 16.6 Å². The molecule has 2 aromatic carbocycles. The van der Waals surface area contributed by atoms with E-state index in [1.54, 1.807) is 0 Å². The summed E-state index contributed by atoms with van der Waals surface area (Å²) in [4.78, 5) is 42.2. The van der Waals surface area contributed by atoms with E-state index in [1.807, 2.05) is 30.3 Å².